The van der Waals surface area contributed by atoms with Gasteiger partial charge in [-0.1, -0.05) is 184 Å². The van der Waals surface area contributed by atoms with E-state index in [1.165, 1.54) is 77.5 Å². The van der Waals surface area contributed by atoms with E-state index in [9.17, 15) is 0 Å². The summed E-state index contributed by atoms with van der Waals surface area (Å²) in [5.41, 5.74) is 17.0. The molecule has 8 aromatic carbocycles. The van der Waals surface area contributed by atoms with Gasteiger partial charge in [0.15, 0.2) is 0 Å². The molecule has 51 heavy (non-hydrogen) atoms. The molecule has 0 saturated heterocycles. The molecule has 0 aliphatic rings. The number of hydrogen-bond donors (Lipinski definition) is 1. The van der Waals surface area contributed by atoms with Gasteiger partial charge in [-0.25, -0.2) is 0 Å². The first-order valence-corrected chi connectivity index (χ1v) is 17.8. The van der Waals surface area contributed by atoms with Gasteiger partial charge in [0, 0.05) is 21.8 Å². The molecule has 0 aliphatic carbocycles. The minimum absolute atomic E-state index is 1.15. The van der Waals surface area contributed by atoms with Crippen molar-refractivity contribution in [2.45, 2.75) is 13.8 Å². The predicted molar refractivity (Wildman–Crippen MR) is 220 cm³/mol. The molecule has 0 spiro atoms. The molecule has 0 unspecified atom stereocenters. The van der Waals surface area contributed by atoms with Crippen LogP contribution in [0, 0.1) is 0 Å². The number of aromatic amines is 1. The molecule has 9 aromatic rings. The van der Waals surface area contributed by atoms with Crippen molar-refractivity contribution >= 4 is 21.8 Å². The van der Waals surface area contributed by atoms with E-state index in [0.29, 0.717) is 0 Å². The molecular formula is C50H39N. The molecule has 0 amide bonds. The van der Waals surface area contributed by atoms with E-state index in [1.807, 2.05) is 13.8 Å². The maximum absolute atomic E-state index is 3.63. The second kappa shape index (κ2) is 14.2. The largest absolute Gasteiger partial charge is 0.355 e. The zero-order chi connectivity index (χ0) is 34.6. The van der Waals surface area contributed by atoms with Crippen LogP contribution >= 0.6 is 0 Å². The molecule has 244 valence electrons. The average molecular weight is 654 g/mol. The summed E-state index contributed by atoms with van der Waals surface area (Å²) in [7, 11) is 0. The summed E-state index contributed by atoms with van der Waals surface area (Å²) < 4.78 is 0. The van der Waals surface area contributed by atoms with Crippen molar-refractivity contribution < 1.29 is 0 Å². The van der Waals surface area contributed by atoms with E-state index in [2.05, 4.69) is 199 Å². The average Bonchev–Trinajstić information content (AvgIpc) is 3.60. The van der Waals surface area contributed by atoms with Gasteiger partial charge in [-0.3, -0.25) is 0 Å². The van der Waals surface area contributed by atoms with E-state index >= 15 is 0 Å². The van der Waals surface area contributed by atoms with E-state index in [4.69, 9.17) is 0 Å². The zero-order valence-electron chi connectivity index (χ0n) is 29.0. The third-order valence-electron chi connectivity index (χ3n) is 9.69. The van der Waals surface area contributed by atoms with Gasteiger partial charge >= 0.3 is 0 Å². The highest BCUT2D eigenvalue weighted by atomic mass is 14.7. The van der Waals surface area contributed by atoms with Crippen LogP contribution in [0.15, 0.2) is 194 Å². The second-order valence-corrected chi connectivity index (χ2v) is 12.7. The number of rotatable bonds is 6. The minimum Gasteiger partial charge on any atom is -0.355 e. The third kappa shape index (κ3) is 6.50. The molecule has 0 aliphatic heterocycles. The van der Waals surface area contributed by atoms with Gasteiger partial charge in [0.1, 0.15) is 0 Å². The first-order valence-electron chi connectivity index (χ1n) is 17.8. The van der Waals surface area contributed by atoms with Crippen LogP contribution < -0.4 is 0 Å². The van der Waals surface area contributed by atoms with Crippen LogP contribution in [0.5, 0.6) is 0 Å². The smallest absolute Gasteiger partial charge is 0.0465 e. The molecule has 0 fully saturated rings. The Morgan fingerprint density at radius 3 is 0.725 bits per heavy atom. The van der Waals surface area contributed by atoms with Crippen molar-refractivity contribution in [3.05, 3.63) is 194 Å². The Balaban J connectivity index is 0.00000184. The van der Waals surface area contributed by atoms with Crippen LogP contribution in [-0.2, 0) is 0 Å². The quantitative estimate of drug-likeness (QED) is 0.184. The molecule has 0 radical (unpaired) electrons. The Bertz CT molecular complexity index is 2340. The number of hydrogen-bond acceptors (Lipinski definition) is 0. The van der Waals surface area contributed by atoms with Crippen LogP contribution in [-0.4, -0.2) is 4.98 Å². The van der Waals surface area contributed by atoms with Crippen molar-refractivity contribution in [3.63, 3.8) is 0 Å². The fourth-order valence-electron chi connectivity index (χ4n) is 6.94. The summed E-state index contributed by atoms with van der Waals surface area (Å²) in [6.07, 6.45) is 0. The molecule has 1 aromatic heterocycles. The first kappa shape index (κ1) is 31.8. The van der Waals surface area contributed by atoms with Gasteiger partial charge in [0.05, 0.1) is 0 Å². The monoisotopic (exact) mass is 653 g/mol. The topological polar surface area (TPSA) is 15.8 Å². The van der Waals surface area contributed by atoms with Gasteiger partial charge in [-0.15, -0.1) is 0 Å². The van der Waals surface area contributed by atoms with Gasteiger partial charge in [-0.05, 0) is 91.0 Å². The van der Waals surface area contributed by atoms with Gasteiger partial charge in [-0.2, -0.15) is 0 Å². The lowest BCUT2D eigenvalue weighted by Gasteiger charge is -2.08. The van der Waals surface area contributed by atoms with Crippen molar-refractivity contribution in [2.75, 3.05) is 0 Å². The molecule has 9 rings (SSSR count). The van der Waals surface area contributed by atoms with Crippen LogP contribution in [0.3, 0.4) is 0 Å². The van der Waals surface area contributed by atoms with Crippen LogP contribution in [0.25, 0.3) is 88.6 Å². The highest BCUT2D eigenvalue weighted by molar-refractivity contribution is 6.09. The highest BCUT2D eigenvalue weighted by Crippen LogP contribution is 2.35. The number of H-pyrrole nitrogens is 1. The molecule has 1 heterocycles. The van der Waals surface area contributed by atoms with Crippen molar-refractivity contribution in [2.24, 2.45) is 0 Å². The Labute approximate surface area is 300 Å². The Hall–Kier alpha value is -6.44. The Morgan fingerprint density at radius 1 is 0.235 bits per heavy atom. The van der Waals surface area contributed by atoms with Crippen LogP contribution in [0.4, 0.5) is 0 Å². The standard InChI is InChI=1S/C48H33N.C2H6/c1-3-7-33(8-4-1)35-11-15-37(16-12-35)39-19-23-41(24-20-39)43-27-29-47-45(31-43)46-32-44(28-30-48(46)49-47)42-25-21-40(22-26-42)38-17-13-36(14-18-38)34-9-5-2-6-10-34;1-2/h1-32,49H;1-2H3. The van der Waals surface area contributed by atoms with E-state index in [1.54, 1.807) is 0 Å². The Morgan fingerprint density at radius 2 is 0.451 bits per heavy atom. The van der Waals surface area contributed by atoms with E-state index < -0.39 is 0 Å². The van der Waals surface area contributed by atoms with Gasteiger partial charge in [0.2, 0.25) is 0 Å². The van der Waals surface area contributed by atoms with Crippen LogP contribution in [0.2, 0.25) is 0 Å². The number of fused-ring (bicyclic) bond motifs is 3. The zero-order valence-corrected chi connectivity index (χ0v) is 29.0. The SMILES string of the molecule is CC.c1ccc(-c2ccc(-c3ccc(-c4ccc5[nH]c6ccc(-c7ccc(-c8ccc(-c9ccccc9)cc8)cc7)cc6c5c4)cc3)cc2)cc1. The minimum atomic E-state index is 1.15. The maximum Gasteiger partial charge on any atom is 0.0465 e. The number of nitrogens with one attached hydrogen (secondary N) is 1. The first-order chi connectivity index (χ1) is 25.2. The summed E-state index contributed by atoms with van der Waals surface area (Å²) in [6, 6.07) is 70.1. The molecule has 0 atom stereocenters. The van der Waals surface area contributed by atoms with E-state index in [-0.39, 0.29) is 0 Å². The lowest BCUT2D eigenvalue weighted by atomic mass is 9.96. The molecule has 1 heteroatoms. The molecule has 1 nitrogen and oxygen atoms in total. The lowest BCUT2D eigenvalue weighted by molar-refractivity contribution is 1.50. The number of benzene rings is 8. The summed E-state index contributed by atoms with van der Waals surface area (Å²) >= 11 is 0. The summed E-state index contributed by atoms with van der Waals surface area (Å²) in [5.74, 6) is 0. The normalized spacial score (nSPS) is 10.9. The maximum atomic E-state index is 3.63. The van der Waals surface area contributed by atoms with Gasteiger partial charge < -0.3 is 4.98 Å². The molecule has 0 bridgehead atoms. The van der Waals surface area contributed by atoms with Crippen molar-refractivity contribution in [3.8, 4) is 66.8 Å². The lowest BCUT2D eigenvalue weighted by Crippen LogP contribution is -1.83. The highest BCUT2D eigenvalue weighted by Gasteiger charge is 2.10. The fraction of sp³-hybridized carbons (Fsp3) is 0.0400. The fourth-order valence-corrected chi connectivity index (χ4v) is 6.94. The van der Waals surface area contributed by atoms with Crippen LogP contribution in [0.1, 0.15) is 13.8 Å². The Kier molecular flexibility index (Phi) is 8.85. The third-order valence-corrected chi connectivity index (χ3v) is 9.69. The van der Waals surface area contributed by atoms with Gasteiger partial charge in [0.25, 0.3) is 0 Å². The second-order valence-electron chi connectivity index (χ2n) is 12.7. The summed E-state index contributed by atoms with van der Waals surface area (Å²) in [6.45, 7) is 4.00. The summed E-state index contributed by atoms with van der Waals surface area (Å²) in [5, 5.41) is 2.48. The summed E-state index contributed by atoms with van der Waals surface area (Å²) in [4.78, 5) is 3.63. The molecular weight excluding hydrogens is 615 g/mol. The van der Waals surface area contributed by atoms with Crippen molar-refractivity contribution in [1.29, 1.82) is 0 Å². The predicted octanol–water partition coefficient (Wildman–Crippen LogP) is 14.3. The molecule has 1 N–H and O–H groups in total. The van der Waals surface area contributed by atoms with E-state index in [0.717, 1.165) is 11.0 Å². The van der Waals surface area contributed by atoms with Crippen molar-refractivity contribution in [1.82, 2.24) is 4.98 Å². The number of aromatic nitrogens is 1. The molecule has 0 saturated carbocycles.